The Labute approximate surface area is 173 Å². The van der Waals surface area contributed by atoms with E-state index in [0.29, 0.717) is 38.1 Å². The highest BCUT2D eigenvalue weighted by molar-refractivity contribution is 5.47. The third-order valence-electron chi connectivity index (χ3n) is 5.62. The molecule has 0 spiro atoms. The van der Waals surface area contributed by atoms with Gasteiger partial charge in [0.15, 0.2) is 0 Å². The zero-order valence-corrected chi connectivity index (χ0v) is 16.8. The van der Waals surface area contributed by atoms with Crippen LogP contribution >= 0.6 is 0 Å². The summed E-state index contributed by atoms with van der Waals surface area (Å²) in [6.07, 6.45) is 0.404. The first-order valence-electron chi connectivity index (χ1n) is 10.1. The van der Waals surface area contributed by atoms with Gasteiger partial charge in [0.25, 0.3) is 0 Å². The molecule has 30 heavy (non-hydrogen) atoms. The molecule has 2 aromatic rings. The maximum absolute atomic E-state index is 13.1. The quantitative estimate of drug-likeness (QED) is 0.751. The molecule has 4 rings (SSSR count). The first kappa shape index (κ1) is 20.6. The van der Waals surface area contributed by atoms with Crippen molar-refractivity contribution in [1.29, 1.82) is 0 Å². The number of likely N-dealkylation sites (N-methyl/N-ethyl adjacent to an activating group) is 1. The van der Waals surface area contributed by atoms with Crippen LogP contribution in [0.1, 0.15) is 18.4 Å². The summed E-state index contributed by atoms with van der Waals surface area (Å²) in [5.41, 5.74) is -0.672. The Morgan fingerprint density at radius 3 is 2.60 bits per heavy atom. The van der Waals surface area contributed by atoms with Crippen molar-refractivity contribution in [3.05, 3.63) is 36.2 Å². The summed E-state index contributed by atoms with van der Waals surface area (Å²) in [6, 6.07) is 4.11. The highest BCUT2D eigenvalue weighted by Gasteiger charge is 2.32. The number of pyridine rings is 1. The van der Waals surface area contributed by atoms with E-state index in [1.807, 2.05) is 18.0 Å². The Kier molecular flexibility index (Phi) is 5.94. The van der Waals surface area contributed by atoms with Gasteiger partial charge in [-0.3, -0.25) is 0 Å². The molecule has 2 fully saturated rings. The van der Waals surface area contributed by atoms with E-state index in [-0.39, 0.29) is 6.04 Å². The lowest BCUT2D eigenvalue weighted by atomic mass is 10.0. The Morgan fingerprint density at radius 2 is 1.83 bits per heavy atom. The van der Waals surface area contributed by atoms with Gasteiger partial charge >= 0.3 is 6.18 Å². The van der Waals surface area contributed by atoms with Gasteiger partial charge in [0, 0.05) is 51.7 Å². The molecule has 2 aliphatic heterocycles. The van der Waals surface area contributed by atoms with E-state index >= 15 is 0 Å². The van der Waals surface area contributed by atoms with Gasteiger partial charge in [0.2, 0.25) is 5.95 Å². The number of anilines is 3. The van der Waals surface area contributed by atoms with Crippen molar-refractivity contribution in [2.24, 2.45) is 0 Å². The molecule has 1 unspecified atom stereocenters. The molecule has 0 saturated carbocycles. The fraction of sp³-hybridized carbons (Fsp3) is 0.550. The number of alkyl halides is 3. The molecule has 7 nitrogen and oxygen atoms in total. The van der Waals surface area contributed by atoms with Crippen molar-refractivity contribution in [2.45, 2.75) is 25.1 Å². The van der Waals surface area contributed by atoms with Gasteiger partial charge in [-0.15, -0.1) is 0 Å². The van der Waals surface area contributed by atoms with Gasteiger partial charge in [-0.25, -0.2) is 9.97 Å². The van der Waals surface area contributed by atoms with Gasteiger partial charge in [-0.1, -0.05) is 0 Å². The molecule has 0 amide bonds. The lowest BCUT2D eigenvalue weighted by Gasteiger charge is -2.39. The SMILES string of the molecule is CN(c1ccnc(N2CCOCC2)n1)C1CCCN(c2cc(C(F)(F)F)ccn2)C1. The van der Waals surface area contributed by atoms with Crippen LogP contribution in [0.2, 0.25) is 0 Å². The zero-order chi connectivity index (χ0) is 21.1. The number of ether oxygens (including phenoxy) is 1. The zero-order valence-electron chi connectivity index (χ0n) is 16.8. The van der Waals surface area contributed by atoms with Gasteiger partial charge in [0.05, 0.1) is 18.8 Å². The number of rotatable bonds is 4. The van der Waals surface area contributed by atoms with Crippen molar-refractivity contribution in [1.82, 2.24) is 15.0 Å². The lowest BCUT2D eigenvalue weighted by molar-refractivity contribution is -0.137. The first-order valence-corrected chi connectivity index (χ1v) is 10.1. The molecular formula is C20H25F3N6O. The number of halogens is 3. The molecular weight excluding hydrogens is 397 g/mol. The Hall–Kier alpha value is -2.62. The number of nitrogens with zero attached hydrogens (tertiary/aromatic N) is 6. The first-order chi connectivity index (χ1) is 14.4. The van der Waals surface area contributed by atoms with Gasteiger partial charge in [-0.2, -0.15) is 18.2 Å². The normalized spacial score (nSPS) is 20.3. The highest BCUT2D eigenvalue weighted by atomic mass is 19.4. The van der Waals surface area contributed by atoms with E-state index in [1.165, 1.54) is 6.20 Å². The maximum Gasteiger partial charge on any atom is 0.416 e. The number of morpholine rings is 1. The molecule has 0 aliphatic carbocycles. The molecule has 1 atom stereocenters. The second kappa shape index (κ2) is 8.63. The Balaban J connectivity index is 1.48. The second-order valence-electron chi connectivity index (χ2n) is 7.57. The molecule has 2 aromatic heterocycles. The number of hydrogen-bond acceptors (Lipinski definition) is 7. The van der Waals surface area contributed by atoms with Crippen molar-refractivity contribution < 1.29 is 17.9 Å². The van der Waals surface area contributed by atoms with Gasteiger partial charge < -0.3 is 19.4 Å². The summed E-state index contributed by atoms with van der Waals surface area (Å²) >= 11 is 0. The fourth-order valence-electron chi connectivity index (χ4n) is 3.89. The topological polar surface area (TPSA) is 57.6 Å². The van der Waals surface area contributed by atoms with E-state index < -0.39 is 11.7 Å². The Bertz CT molecular complexity index is 858. The van der Waals surface area contributed by atoms with Crippen LogP contribution in [0.3, 0.4) is 0 Å². The monoisotopic (exact) mass is 422 g/mol. The van der Waals surface area contributed by atoms with E-state index in [1.54, 1.807) is 6.20 Å². The van der Waals surface area contributed by atoms with Crippen LogP contribution in [0.4, 0.5) is 30.8 Å². The van der Waals surface area contributed by atoms with E-state index in [4.69, 9.17) is 9.72 Å². The largest absolute Gasteiger partial charge is 0.416 e. The average Bonchev–Trinajstić information content (AvgIpc) is 2.79. The van der Waals surface area contributed by atoms with Crippen molar-refractivity contribution in [3.63, 3.8) is 0 Å². The summed E-state index contributed by atoms with van der Waals surface area (Å²) < 4.78 is 44.6. The van der Waals surface area contributed by atoms with Crippen LogP contribution in [0.15, 0.2) is 30.6 Å². The van der Waals surface area contributed by atoms with Crippen LogP contribution in [0, 0.1) is 0 Å². The molecule has 4 heterocycles. The van der Waals surface area contributed by atoms with E-state index in [0.717, 1.165) is 43.9 Å². The maximum atomic E-state index is 13.1. The molecule has 0 N–H and O–H groups in total. The van der Waals surface area contributed by atoms with Crippen LogP contribution in [-0.4, -0.2) is 67.4 Å². The molecule has 0 bridgehead atoms. The molecule has 0 radical (unpaired) electrons. The minimum atomic E-state index is -4.37. The molecule has 162 valence electrons. The molecule has 2 saturated heterocycles. The predicted molar refractivity (Wildman–Crippen MR) is 108 cm³/mol. The summed E-state index contributed by atoms with van der Waals surface area (Å²) in [4.78, 5) is 19.4. The van der Waals surface area contributed by atoms with Crippen molar-refractivity contribution in [3.8, 4) is 0 Å². The van der Waals surface area contributed by atoms with Crippen LogP contribution in [-0.2, 0) is 10.9 Å². The third kappa shape index (κ3) is 4.58. The smallest absolute Gasteiger partial charge is 0.378 e. The standard InChI is InChI=1S/C20H25F3N6O/c1-27(17-5-7-25-19(26-17)28-9-11-30-12-10-28)16-3-2-8-29(14-16)18-13-15(4-6-24-18)20(21,22)23/h4-7,13,16H,2-3,8-12,14H2,1H3. The summed E-state index contributed by atoms with van der Waals surface area (Å²) in [5, 5.41) is 0. The van der Waals surface area contributed by atoms with Crippen LogP contribution in [0.5, 0.6) is 0 Å². The summed E-state index contributed by atoms with van der Waals surface area (Å²) in [6.45, 7) is 4.09. The highest BCUT2D eigenvalue weighted by Crippen LogP contribution is 2.32. The lowest BCUT2D eigenvalue weighted by Crippen LogP contribution is -2.47. The summed E-state index contributed by atoms with van der Waals surface area (Å²) in [5.74, 6) is 1.84. The summed E-state index contributed by atoms with van der Waals surface area (Å²) in [7, 11) is 1.97. The van der Waals surface area contributed by atoms with Crippen molar-refractivity contribution >= 4 is 17.6 Å². The number of piperidine rings is 1. The minimum absolute atomic E-state index is 0.113. The van der Waals surface area contributed by atoms with Crippen molar-refractivity contribution in [2.75, 3.05) is 61.1 Å². The fourth-order valence-corrected chi connectivity index (χ4v) is 3.89. The van der Waals surface area contributed by atoms with E-state index in [2.05, 4.69) is 19.8 Å². The van der Waals surface area contributed by atoms with Crippen LogP contribution in [0.25, 0.3) is 0 Å². The van der Waals surface area contributed by atoms with Gasteiger partial charge in [0.1, 0.15) is 11.6 Å². The predicted octanol–water partition coefficient (Wildman–Crippen LogP) is 2.83. The minimum Gasteiger partial charge on any atom is -0.378 e. The Morgan fingerprint density at radius 1 is 1.07 bits per heavy atom. The molecule has 2 aliphatic rings. The second-order valence-corrected chi connectivity index (χ2v) is 7.57. The van der Waals surface area contributed by atoms with E-state index in [9.17, 15) is 13.2 Å². The third-order valence-corrected chi connectivity index (χ3v) is 5.62. The average molecular weight is 422 g/mol. The van der Waals surface area contributed by atoms with Crippen LogP contribution < -0.4 is 14.7 Å². The van der Waals surface area contributed by atoms with Gasteiger partial charge in [-0.05, 0) is 31.0 Å². The molecule has 10 heteroatoms. The number of aromatic nitrogens is 3. The molecule has 0 aromatic carbocycles. The number of hydrogen-bond donors (Lipinski definition) is 0.